The molecule has 1 fully saturated rings. The van der Waals surface area contributed by atoms with Crippen LogP contribution in [0, 0.1) is 0 Å². The van der Waals surface area contributed by atoms with Crippen molar-refractivity contribution in [2.45, 2.75) is 38.4 Å². The molecular formula is C13H26O5Si. The van der Waals surface area contributed by atoms with Crippen LogP contribution < -0.4 is 0 Å². The fourth-order valence-electron chi connectivity index (χ4n) is 1.77. The summed E-state index contributed by atoms with van der Waals surface area (Å²) in [6.07, 6.45) is 3.25. The molecule has 5 nitrogen and oxygen atoms in total. The van der Waals surface area contributed by atoms with E-state index in [1.807, 2.05) is 0 Å². The predicted octanol–water partition coefficient (Wildman–Crippen LogP) is 1.93. The molecule has 0 aliphatic carbocycles. The molecule has 2 atom stereocenters. The summed E-state index contributed by atoms with van der Waals surface area (Å²) in [6, 6.07) is 0. The normalized spacial score (nSPS) is 20.3. The van der Waals surface area contributed by atoms with Crippen molar-refractivity contribution in [3.05, 3.63) is 12.3 Å². The van der Waals surface area contributed by atoms with Crippen molar-refractivity contribution in [1.82, 2.24) is 0 Å². The average Bonchev–Trinajstić information content (AvgIpc) is 3.27. The molecule has 1 saturated heterocycles. The maximum absolute atomic E-state index is 5.97. The van der Waals surface area contributed by atoms with Crippen LogP contribution >= 0.6 is 0 Å². The molecule has 6 heteroatoms. The summed E-state index contributed by atoms with van der Waals surface area (Å²) in [7, 11) is 0.525. The Morgan fingerprint density at radius 2 is 2.11 bits per heavy atom. The van der Waals surface area contributed by atoms with Crippen molar-refractivity contribution in [3.8, 4) is 0 Å². The van der Waals surface area contributed by atoms with Crippen LogP contribution in [-0.2, 0) is 22.8 Å². The molecule has 1 aliphatic rings. The molecule has 1 heterocycles. The summed E-state index contributed by atoms with van der Waals surface area (Å²) in [5.74, 6) is 0. The van der Waals surface area contributed by atoms with Gasteiger partial charge in [-0.25, -0.2) is 0 Å². The first-order chi connectivity index (χ1) is 9.19. The standard InChI is InChI=1S/C13H26O5Si/c1-5-12(18-19(6-2,14-3)15-4)8-7-9-16-10-13-11-17-13/h6,12-13H,2,5,7-11H2,1,3-4H3. The van der Waals surface area contributed by atoms with E-state index < -0.39 is 8.80 Å². The van der Waals surface area contributed by atoms with Gasteiger partial charge in [-0.15, -0.1) is 0 Å². The third-order valence-electron chi connectivity index (χ3n) is 3.13. The van der Waals surface area contributed by atoms with E-state index in [1.54, 1.807) is 19.9 Å². The van der Waals surface area contributed by atoms with Crippen LogP contribution in [0.5, 0.6) is 0 Å². The maximum atomic E-state index is 5.97. The van der Waals surface area contributed by atoms with Gasteiger partial charge >= 0.3 is 8.80 Å². The largest absolute Gasteiger partial charge is 0.528 e. The van der Waals surface area contributed by atoms with E-state index in [0.29, 0.717) is 12.7 Å². The topological polar surface area (TPSA) is 49.5 Å². The van der Waals surface area contributed by atoms with E-state index in [0.717, 1.165) is 32.5 Å². The van der Waals surface area contributed by atoms with Crippen LogP contribution in [0.3, 0.4) is 0 Å². The molecule has 112 valence electrons. The minimum absolute atomic E-state index is 0.116. The van der Waals surface area contributed by atoms with Gasteiger partial charge in [0.1, 0.15) is 6.10 Å². The first-order valence-corrected chi connectivity index (χ1v) is 8.61. The fraction of sp³-hybridized carbons (Fsp3) is 0.846. The summed E-state index contributed by atoms with van der Waals surface area (Å²) in [6.45, 7) is 8.13. The molecule has 1 aliphatic heterocycles. The van der Waals surface area contributed by atoms with Gasteiger partial charge in [0.05, 0.1) is 13.2 Å². The second-order valence-electron chi connectivity index (χ2n) is 4.54. The summed E-state index contributed by atoms with van der Waals surface area (Å²) in [5, 5.41) is 0. The van der Waals surface area contributed by atoms with Crippen LogP contribution in [0.2, 0.25) is 0 Å². The van der Waals surface area contributed by atoms with E-state index in [2.05, 4.69) is 13.5 Å². The SMILES string of the molecule is C=C[Si](OC)(OC)OC(CC)CCCOCC1CO1. The van der Waals surface area contributed by atoms with Gasteiger partial charge in [-0.3, -0.25) is 0 Å². The van der Waals surface area contributed by atoms with Gasteiger partial charge in [-0.05, 0) is 25.0 Å². The van der Waals surface area contributed by atoms with Crippen molar-refractivity contribution in [3.63, 3.8) is 0 Å². The monoisotopic (exact) mass is 290 g/mol. The Bertz CT molecular complexity index is 253. The van der Waals surface area contributed by atoms with Crippen molar-refractivity contribution in [2.24, 2.45) is 0 Å². The van der Waals surface area contributed by atoms with E-state index >= 15 is 0 Å². The molecule has 0 aromatic rings. The molecule has 0 spiro atoms. The molecule has 2 unspecified atom stereocenters. The van der Waals surface area contributed by atoms with Gasteiger partial charge < -0.3 is 22.8 Å². The van der Waals surface area contributed by atoms with Crippen molar-refractivity contribution >= 4 is 8.80 Å². The highest BCUT2D eigenvalue weighted by Crippen LogP contribution is 2.17. The molecule has 0 aromatic heterocycles. The highest BCUT2D eigenvalue weighted by molar-refractivity contribution is 6.66. The maximum Gasteiger partial charge on any atom is 0.528 e. The molecule has 1 rings (SSSR count). The van der Waals surface area contributed by atoms with E-state index in [-0.39, 0.29) is 6.10 Å². The van der Waals surface area contributed by atoms with Crippen LogP contribution in [0.4, 0.5) is 0 Å². The number of hydrogen-bond acceptors (Lipinski definition) is 5. The Kier molecular flexibility index (Phi) is 7.82. The third-order valence-corrected chi connectivity index (χ3v) is 5.43. The summed E-state index contributed by atoms with van der Waals surface area (Å²) in [4.78, 5) is 0. The predicted molar refractivity (Wildman–Crippen MR) is 74.9 cm³/mol. The van der Waals surface area contributed by atoms with Gasteiger partial charge in [-0.1, -0.05) is 13.5 Å². The second kappa shape index (κ2) is 8.83. The first kappa shape index (κ1) is 16.8. The summed E-state index contributed by atoms with van der Waals surface area (Å²) in [5.41, 5.74) is 1.66. The molecule has 0 radical (unpaired) electrons. The van der Waals surface area contributed by atoms with E-state index in [1.165, 1.54) is 0 Å². The van der Waals surface area contributed by atoms with Crippen molar-refractivity contribution in [2.75, 3.05) is 34.0 Å². The smallest absolute Gasteiger partial charge is 0.379 e. The molecule has 0 N–H and O–H groups in total. The second-order valence-corrected chi connectivity index (χ2v) is 7.20. The lowest BCUT2D eigenvalue weighted by Crippen LogP contribution is -2.45. The molecule has 0 saturated carbocycles. The number of rotatable bonds is 12. The molecular weight excluding hydrogens is 264 g/mol. The Morgan fingerprint density at radius 3 is 2.58 bits per heavy atom. The summed E-state index contributed by atoms with van der Waals surface area (Å²) < 4.78 is 27.3. The average molecular weight is 290 g/mol. The number of hydrogen-bond donors (Lipinski definition) is 0. The minimum Gasteiger partial charge on any atom is -0.379 e. The Morgan fingerprint density at radius 1 is 1.42 bits per heavy atom. The van der Waals surface area contributed by atoms with Crippen LogP contribution in [0.1, 0.15) is 26.2 Å². The Labute approximate surface area is 117 Å². The van der Waals surface area contributed by atoms with Crippen LogP contribution in [0.25, 0.3) is 0 Å². The highest BCUT2D eigenvalue weighted by atomic mass is 28.4. The molecule has 19 heavy (non-hydrogen) atoms. The van der Waals surface area contributed by atoms with Gasteiger partial charge in [0.15, 0.2) is 0 Å². The molecule has 0 amide bonds. The number of ether oxygens (including phenoxy) is 2. The lowest BCUT2D eigenvalue weighted by molar-refractivity contribution is 0.0504. The zero-order valence-corrected chi connectivity index (χ0v) is 13.2. The quantitative estimate of drug-likeness (QED) is 0.312. The first-order valence-electron chi connectivity index (χ1n) is 6.80. The van der Waals surface area contributed by atoms with E-state index in [9.17, 15) is 0 Å². The third kappa shape index (κ3) is 6.16. The summed E-state index contributed by atoms with van der Waals surface area (Å²) >= 11 is 0. The zero-order valence-electron chi connectivity index (χ0n) is 12.2. The lowest BCUT2D eigenvalue weighted by atomic mass is 10.1. The van der Waals surface area contributed by atoms with Crippen LogP contribution in [-0.4, -0.2) is 55.1 Å². The lowest BCUT2D eigenvalue weighted by Gasteiger charge is -2.28. The van der Waals surface area contributed by atoms with Gasteiger partial charge in [-0.2, -0.15) is 0 Å². The molecule has 0 aromatic carbocycles. The molecule has 0 bridgehead atoms. The minimum atomic E-state index is -2.67. The highest BCUT2D eigenvalue weighted by Gasteiger charge is 2.37. The van der Waals surface area contributed by atoms with Crippen molar-refractivity contribution < 1.29 is 22.8 Å². The Hall–Kier alpha value is -0.243. The number of epoxide rings is 1. The fourth-order valence-corrected chi connectivity index (χ4v) is 3.30. The zero-order chi connectivity index (χ0) is 14.1. The Balaban J connectivity index is 2.20. The van der Waals surface area contributed by atoms with E-state index in [4.69, 9.17) is 22.8 Å². The van der Waals surface area contributed by atoms with Gasteiger partial charge in [0.25, 0.3) is 0 Å². The van der Waals surface area contributed by atoms with Gasteiger partial charge in [0.2, 0.25) is 0 Å². The van der Waals surface area contributed by atoms with Crippen molar-refractivity contribution in [1.29, 1.82) is 0 Å². The van der Waals surface area contributed by atoms with Crippen LogP contribution in [0.15, 0.2) is 12.3 Å². The van der Waals surface area contributed by atoms with Gasteiger partial charge in [0, 0.05) is 26.9 Å².